The minimum atomic E-state index is 0.000463. The first-order valence-corrected chi connectivity index (χ1v) is 7.49. The highest BCUT2D eigenvalue weighted by Crippen LogP contribution is 2.18. The molecule has 0 spiro atoms. The molecule has 4 nitrogen and oxygen atoms in total. The summed E-state index contributed by atoms with van der Waals surface area (Å²) >= 11 is 0. The van der Waals surface area contributed by atoms with E-state index in [2.05, 4.69) is 22.5 Å². The average molecular weight is 253 g/mol. The lowest BCUT2D eigenvalue weighted by Gasteiger charge is -2.32. The molecule has 2 fully saturated rings. The van der Waals surface area contributed by atoms with Gasteiger partial charge >= 0.3 is 0 Å². The fourth-order valence-electron chi connectivity index (χ4n) is 3.31. The zero-order valence-electron chi connectivity index (χ0n) is 11.7. The summed E-state index contributed by atoms with van der Waals surface area (Å²) in [5.41, 5.74) is 0. The second-order valence-electron chi connectivity index (χ2n) is 5.64. The van der Waals surface area contributed by atoms with Crippen LogP contribution in [0.5, 0.6) is 0 Å². The molecule has 2 rings (SSSR count). The quantitative estimate of drug-likeness (QED) is 0.771. The Labute approximate surface area is 110 Å². The van der Waals surface area contributed by atoms with Crippen LogP contribution in [0, 0.1) is 0 Å². The van der Waals surface area contributed by atoms with Gasteiger partial charge in [-0.1, -0.05) is 19.8 Å². The third kappa shape index (κ3) is 3.23. The number of amides is 1. The van der Waals surface area contributed by atoms with Gasteiger partial charge in [0.2, 0.25) is 5.91 Å². The van der Waals surface area contributed by atoms with Crippen LogP contribution >= 0.6 is 0 Å². The zero-order valence-corrected chi connectivity index (χ0v) is 11.7. The van der Waals surface area contributed by atoms with E-state index in [9.17, 15) is 4.79 Å². The van der Waals surface area contributed by atoms with Gasteiger partial charge in [0, 0.05) is 18.6 Å². The van der Waals surface area contributed by atoms with Crippen molar-refractivity contribution in [3.63, 3.8) is 0 Å². The van der Waals surface area contributed by atoms with Crippen LogP contribution in [0.2, 0.25) is 0 Å². The first-order valence-electron chi connectivity index (χ1n) is 7.49. The van der Waals surface area contributed by atoms with E-state index in [0.717, 1.165) is 38.9 Å². The molecule has 2 unspecified atom stereocenters. The number of rotatable bonds is 5. The standard InChI is InChI=1S/C14H27N3O/c1-3-17(13-8-9-15-10-13)11(2)14(18)16-12-6-4-5-7-12/h11-13,15H,3-10H2,1-2H3,(H,16,18). The van der Waals surface area contributed by atoms with Gasteiger partial charge in [-0.05, 0) is 39.3 Å². The predicted octanol–water partition coefficient (Wildman–Crippen LogP) is 1.12. The Balaban J connectivity index is 1.86. The van der Waals surface area contributed by atoms with Gasteiger partial charge in [-0.3, -0.25) is 9.69 Å². The molecular weight excluding hydrogens is 226 g/mol. The van der Waals surface area contributed by atoms with Crippen molar-refractivity contribution in [2.45, 2.75) is 64.1 Å². The molecule has 0 aromatic heterocycles. The lowest BCUT2D eigenvalue weighted by molar-refractivity contribution is -0.127. The fourth-order valence-corrected chi connectivity index (χ4v) is 3.31. The van der Waals surface area contributed by atoms with Crippen LogP contribution in [0.4, 0.5) is 0 Å². The maximum absolute atomic E-state index is 12.3. The molecule has 0 aromatic rings. The first-order chi connectivity index (χ1) is 8.72. The van der Waals surface area contributed by atoms with Gasteiger partial charge in [0.05, 0.1) is 6.04 Å². The van der Waals surface area contributed by atoms with E-state index < -0.39 is 0 Å². The van der Waals surface area contributed by atoms with Gasteiger partial charge in [0.1, 0.15) is 0 Å². The molecule has 0 bridgehead atoms. The Hall–Kier alpha value is -0.610. The van der Waals surface area contributed by atoms with Crippen molar-refractivity contribution >= 4 is 5.91 Å². The van der Waals surface area contributed by atoms with Crippen LogP contribution in [0.3, 0.4) is 0 Å². The van der Waals surface area contributed by atoms with E-state index in [1.165, 1.54) is 12.8 Å². The van der Waals surface area contributed by atoms with E-state index in [1.54, 1.807) is 0 Å². The lowest BCUT2D eigenvalue weighted by atomic mass is 10.1. The topological polar surface area (TPSA) is 44.4 Å². The van der Waals surface area contributed by atoms with Gasteiger partial charge in [0.15, 0.2) is 0 Å². The highest BCUT2D eigenvalue weighted by Gasteiger charge is 2.30. The fraction of sp³-hybridized carbons (Fsp3) is 0.929. The third-order valence-corrected chi connectivity index (χ3v) is 4.45. The number of likely N-dealkylation sites (N-methyl/N-ethyl adjacent to an activating group) is 1. The number of hydrogen-bond acceptors (Lipinski definition) is 3. The van der Waals surface area contributed by atoms with Crippen molar-refractivity contribution in [3.05, 3.63) is 0 Å². The molecular formula is C14H27N3O. The number of hydrogen-bond donors (Lipinski definition) is 2. The largest absolute Gasteiger partial charge is 0.352 e. The Morgan fingerprint density at radius 2 is 2.11 bits per heavy atom. The van der Waals surface area contributed by atoms with E-state index in [4.69, 9.17) is 0 Å². The molecule has 4 heteroatoms. The van der Waals surface area contributed by atoms with E-state index in [1.807, 2.05) is 6.92 Å². The van der Waals surface area contributed by atoms with E-state index in [0.29, 0.717) is 12.1 Å². The summed E-state index contributed by atoms with van der Waals surface area (Å²) in [6.07, 6.45) is 6.02. The van der Waals surface area contributed by atoms with Crippen LogP contribution in [0.1, 0.15) is 46.0 Å². The molecule has 1 aliphatic carbocycles. The summed E-state index contributed by atoms with van der Waals surface area (Å²) in [7, 11) is 0. The molecule has 2 N–H and O–H groups in total. The van der Waals surface area contributed by atoms with Gasteiger partial charge in [0.25, 0.3) is 0 Å². The monoisotopic (exact) mass is 253 g/mol. The maximum Gasteiger partial charge on any atom is 0.237 e. The van der Waals surface area contributed by atoms with Crippen molar-refractivity contribution in [3.8, 4) is 0 Å². The smallest absolute Gasteiger partial charge is 0.237 e. The van der Waals surface area contributed by atoms with Crippen LogP contribution < -0.4 is 10.6 Å². The van der Waals surface area contributed by atoms with Crippen molar-refractivity contribution in [1.82, 2.24) is 15.5 Å². The normalized spacial score (nSPS) is 26.7. The molecule has 104 valence electrons. The minimum absolute atomic E-state index is 0.000463. The highest BCUT2D eigenvalue weighted by atomic mass is 16.2. The predicted molar refractivity (Wildman–Crippen MR) is 73.5 cm³/mol. The zero-order chi connectivity index (χ0) is 13.0. The summed E-state index contributed by atoms with van der Waals surface area (Å²) in [4.78, 5) is 14.6. The molecule has 1 heterocycles. The summed E-state index contributed by atoms with van der Waals surface area (Å²) in [5, 5.41) is 6.60. The number of nitrogens with zero attached hydrogens (tertiary/aromatic N) is 1. The van der Waals surface area contributed by atoms with Crippen LogP contribution in [0.15, 0.2) is 0 Å². The molecule has 1 aliphatic heterocycles. The number of carbonyl (C=O) groups excluding carboxylic acids is 1. The summed E-state index contributed by atoms with van der Waals surface area (Å²) < 4.78 is 0. The van der Waals surface area contributed by atoms with E-state index in [-0.39, 0.29) is 11.9 Å². The Morgan fingerprint density at radius 3 is 2.67 bits per heavy atom. The summed E-state index contributed by atoms with van der Waals surface area (Å²) in [5.74, 6) is 0.218. The van der Waals surface area contributed by atoms with Crippen molar-refractivity contribution in [2.75, 3.05) is 19.6 Å². The minimum Gasteiger partial charge on any atom is -0.352 e. The summed E-state index contributed by atoms with van der Waals surface area (Å²) in [6.45, 7) is 7.25. The second-order valence-corrected chi connectivity index (χ2v) is 5.64. The van der Waals surface area contributed by atoms with Gasteiger partial charge in [-0.25, -0.2) is 0 Å². The number of nitrogens with one attached hydrogen (secondary N) is 2. The van der Waals surface area contributed by atoms with E-state index >= 15 is 0 Å². The first kappa shape index (κ1) is 13.8. The maximum atomic E-state index is 12.3. The Bertz CT molecular complexity index is 270. The van der Waals surface area contributed by atoms with Gasteiger partial charge in [-0.2, -0.15) is 0 Å². The van der Waals surface area contributed by atoms with Crippen molar-refractivity contribution in [2.24, 2.45) is 0 Å². The van der Waals surface area contributed by atoms with Crippen LogP contribution in [-0.2, 0) is 4.79 Å². The Kier molecular flexibility index (Phi) is 5.01. The highest BCUT2D eigenvalue weighted by molar-refractivity contribution is 5.81. The SMILES string of the molecule is CCN(C1CCNC1)C(C)C(=O)NC1CCCC1. The second kappa shape index (κ2) is 6.53. The van der Waals surface area contributed by atoms with Crippen LogP contribution in [-0.4, -0.2) is 48.6 Å². The van der Waals surface area contributed by atoms with Gasteiger partial charge in [-0.15, -0.1) is 0 Å². The molecule has 1 amide bonds. The average Bonchev–Trinajstić information content (AvgIpc) is 3.02. The van der Waals surface area contributed by atoms with Crippen LogP contribution in [0.25, 0.3) is 0 Å². The van der Waals surface area contributed by atoms with Crippen molar-refractivity contribution < 1.29 is 4.79 Å². The molecule has 18 heavy (non-hydrogen) atoms. The molecule has 2 aliphatic rings. The third-order valence-electron chi connectivity index (χ3n) is 4.45. The van der Waals surface area contributed by atoms with Crippen molar-refractivity contribution in [1.29, 1.82) is 0 Å². The molecule has 2 atom stereocenters. The molecule has 1 saturated carbocycles. The van der Waals surface area contributed by atoms with Gasteiger partial charge < -0.3 is 10.6 Å². The Morgan fingerprint density at radius 1 is 1.39 bits per heavy atom. The summed E-state index contributed by atoms with van der Waals surface area (Å²) in [6, 6.07) is 0.959. The molecule has 0 aromatic carbocycles. The molecule has 1 saturated heterocycles. The molecule has 0 radical (unpaired) electrons. The lowest BCUT2D eigenvalue weighted by Crippen LogP contribution is -2.51. The number of carbonyl (C=O) groups is 1.